The van der Waals surface area contributed by atoms with E-state index in [1.54, 1.807) is 0 Å². The molecule has 24 heavy (non-hydrogen) atoms. The van der Waals surface area contributed by atoms with Gasteiger partial charge in [-0.25, -0.2) is 0 Å². The topological polar surface area (TPSA) is 32.8 Å². The minimum atomic E-state index is 0.163. The Morgan fingerprint density at radius 2 is 1.71 bits per heavy atom. The molecular weight excluding hydrogens is 300 g/mol. The molecule has 0 N–H and O–H groups in total. The minimum Gasteiger partial charge on any atom is -0.490 e. The highest BCUT2D eigenvalue weighted by Crippen LogP contribution is 2.37. The summed E-state index contributed by atoms with van der Waals surface area (Å²) in [6.07, 6.45) is 10.1. The van der Waals surface area contributed by atoms with E-state index in [2.05, 4.69) is 11.0 Å². The number of benzene rings is 1. The van der Waals surface area contributed by atoms with Gasteiger partial charge >= 0.3 is 0 Å². The molecule has 1 saturated carbocycles. The second-order valence-electron chi connectivity index (χ2n) is 7.37. The van der Waals surface area contributed by atoms with E-state index in [-0.39, 0.29) is 5.91 Å². The summed E-state index contributed by atoms with van der Waals surface area (Å²) in [4.78, 5) is 17.2. The van der Waals surface area contributed by atoms with Gasteiger partial charge in [-0.05, 0) is 50.3 Å². The Labute approximate surface area is 144 Å². The second kappa shape index (κ2) is 7.04. The molecule has 1 aromatic carbocycles. The molecule has 1 aliphatic carbocycles. The van der Waals surface area contributed by atoms with Crippen LogP contribution in [0.4, 0.5) is 5.69 Å². The molecule has 1 aromatic rings. The second-order valence-corrected chi connectivity index (χ2v) is 7.37. The van der Waals surface area contributed by atoms with E-state index in [4.69, 9.17) is 4.74 Å². The van der Waals surface area contributed by atoms with Gasteiger partial charge in [0.05, 0.1) is 12.2 Å². The van der Waals surface area contributed by atoms with Crippen LogP contribution >= 0.6 is 0 Å². The summed E-state index contributed by atoms with van der Waals surface area (Å²) in [7, 11) is 0. The highest BCUT2D eigenvalue weighted by Gasteiger charge is 2.28. The molecular formula is C20H28N2O2. The molecule has 0 bridgehead atoms. The summed E-state index contributed by atoms with van der Waals surface area (Å²) in [5.74, 6) is 1.06. The number of likely N-dealkylation sites (tertiary alicyclic amines) is 1. The van der Waals surface area contributed by atoms with Gasteiger partial charge < -0.3 is 14.5 Å². The maximum absolute atomic E-state index is 12.7. The number of carbonyl (C=O) groups is 1. The number of anilines is 1. The number of fused-ring (bicyclic) bond motifs is 1. The van der Waals surface area contributed by atoms with Crippen LogP contribution in [0.1, 0.15) is 61.7 Å². The zero-order chi connectivity index (χ0) is 16.4. The molecule has 0 radical (unpaired) electrons. The van der Waals surface area contributed by atoms with Crippen molar-refractivity contribution in [2.24, 2.45) is 0 Å². The average molecular weight is 328 g/mol. The van der Waals surface area contributed by atoms with Crippen LogP contribution in [0.25, 0.3) is 0 Å². The number of piperidine rings is 1. The highest BCUT2D eigenvalue weighted by atomic mass is 16.5. The summed E-state index contributed by atoms with van der Waals surface area (Å²) in [6, 6.07) is 6.73. The molecule has 0 unspecified atom stereocenters. The van der Waals surface area contributed by atoms with Crippen LogP contribution in [-0.2, 0) is 0 Å². The minimum absolute atomic E-state index is 0.163. The van der Waals surface area contributed by atoms with E-state index < -0.39 is 0 Å². The number of carbonyl (C=O) groups excluding carboxylic acids is 1. The summed E-state index contributed by atoms with van der Waals surface area (Å²) >= 11 is 0. The molecule has 2 fully saturated rings. The maximum Gasteiger partial charge on any atom is 0.253 e. The first-order valence-electron chi connectivity index (χ1n) is 9.66. The Morgan fingerprint density at radius 1 is 0.958 bits per heavy atom. The van der Waals surface area contributed by atoms with Crippen molar-refractivity contribution in [2.45, 2.75) is 57.4 Å². The van der Waals surface area contributed by atoms with Crippen LogP contribution in [0.15, 0.2) is 18.2 Å². The fourth-order valence-corrected chi connectivity index (χ4v) is 4.43. The fourth-order valence-electron chi connectivity index (χ4n) is 4.43. The summed E-state index contributed by atoms with van der Waals surface area (Å²) in [6.45, 7) is 3.48. The Bertz CT molecular complexity index is 589. The van der Waals surface area contributed by atoms with Gasteiger partial charge in [-0.2, -0.15) is 0 Å². The first kappa shape index (κ1) is 15.8. The van der Waals surface area contributed by atoms with Crippen molar-refractivity contribution >= 4 is 11.6 Å². The van der Waals surface area contributed by atoms with Gasteiger partial charge in [-0.1, -0.05) is 19.3 Å². The Morgan fingerprint density at radius 3 is 2.50 bits per heavy atom. The molecule has 3 aliphatic rings. The molecule has 2 aliphatic heterocycles. The Hall–Kier alpha value is -1.71. The largest absolute Gasteiger partial charge is 0.490 e. The van der Waals surface area contributed by atoms with Gasteiger partial charge in [0.1, 0.15) is 12.4 Å². The lowest BCUT2D eigenvalue weighted by Gasteiger charge is -2.39. The number of amides is 1. The predicted molar refractivity (Wildman–Crippen MR) is 95.9 cm³/mol. The summed E-state index contributed by atoms with van der Waals surface area (Å²) in [5.41, 5.74) is 1.96. The van der Waals surface area contributed by atoms with Crippen LogP contribution in [0.5, 0.6) is 5.75 Å². The molecule has 4 rings (SSSR count). The van der Waals surface area contributed by atoms with E-state index in [0.717, 1.165) is 50.4 Å². The van der Waals surface area contributed by atoms with Gasteiger partial charge in [0, 0.05) is 24.7 Å². The molecule has 0 aromatic heterocycles. The fraction of sp³-hybridized carbons (Fsp3) is 0.650. The number of rotatable bonds is 2. The number of hydrogen-bond acceptors (Lipinski definition) is 3. The van der Waals surface area contributed by atoms with Crippen LogP contribution < -0.4 is 9.64 Å². The van der Waals surface area contributed by atoms with E-state index in [1.807, 2.05) is 17.0 Å². The van der Waals surface area contributed by atoms with Gasteiger partial charge in [0.25, 0.3) is 5.91 Å². The highest BCUT2D eigenvalue weighted by molar-refractivity contribution is 5.95. The SMILES string of the molecule is O=C(c1ccc2c(c1)OCCN2C1CCCCC1)N1CCCCC1. The van der Waals surface area contributed by atoms with E-state index in [9.17, 15) is 4.79 Å². The molecule has 2 heterocycles. The predicted octanol–water partition coefficient (Wildman–Crippen LogP) is 3.84. The molecule has 4 nitrogen and oxygen atoms in total. The third-order valence-corrected chi connectivity index (χ3v) is 5.76. The van der Waals surface area contributed by atoms with Gasteiger partial charge in [0.15, 0.2) is 0 Å². The molecule has 0 spiro atoms. The van der Waals surface area contributed by atoms with Crippen LogP contribution in [-0.4, -0.2) is 43.1 Å². The van der Waals surface area contributed by atoms with Crippen LogP contribution in [0.2, 0.25) is 0 Å². The third-order valence-electron chi connectivity index (χ3n) is 5.76. The standard InChI is InChI=1S/C20H28N2O2/c23-20(21-11-5-2-6-12-21)16-9-10-18-19(15-16)24-14-13-22(18)17-7-3-1-4-8-17/h9-10,15,17H,1-8,11-14H2. The Balaban J connectivity index is 1.54. The van der Waals surface area contributed by atoms with Crippen LogP contribution in [0, 0.1) is 0 Å². The van der Waals surface area contributed by atoms with Crippen molar-refractivity contribution in [3.8, 4) is 5.75 Å². The first-order valence-corrected chi connectivity index (χ1v) is 9.66. The van der Waals surface area contributed by atoms with E-state index >= 15 is 0 Å². The van der Waals surface area contributed by atoms with E-state index in [0.29, 0.717) is 6.04 Å². The average Bonchev–Trinajstić information content (AvgIpc) is 2.68. The summed E-state index contributed by atoms with van der Waals surface area (Å²) < 4.78 is 5.91. The molecule has 1 amide bonds. The van der Waals surface area contributed by atoms with Crippen molar-refractivity contribution in [1.82, 2.24) is 4.90 Å². The van der Waals surface area contributed by atoms with Crippen molar-refractivity contribution in [2.75, 3.05) is 31.1 Å². The number of ether oxygens (including phenoxy) is 1. The van der Waals surface area contributed by atoms with Gasteiger partial charge in [-0.3, -0.25) is 4.79 Å². The number of nitrogens with zero attached hydrogens (tertiary/aromatic N) is 2. The molecule has 130 valence electrons. The quantitative estimate of drug-likeness (QED) is 0.827. The normalized spacial score (nSPS) is 22.0. The first-order chi connectivity index (χ1) is 11.8. The lowest BCUT2D eigenvalue weighted by Crippen LogP contribution is -2.42. The van der Waals surface area contributed by atoms with E-state index in [1.165, 1.54) is 44.2 Å². The Kier molecular flexibility index (Phi) is 4.63. The third kappa shape index (κ3) is 3.11. The monoisotopic (exact) mass is 328 g/mol. The maximum atomic E-state index is 12.7. The summed E-state index contributed by atoms with van der Waals surface area (Å²) in [5, 5.41) is 0. The van der Waals surface area contributed by atoms with Crippen molar-refractivity contribution in [3.05, 3.63) is 23.8 Å². The lowest BCUT2D eigenvalue weighted by atomic mass is 9.93. The van der Waals surface area contributed by atoms with Crippen molar-refractivity contribution in [1.29, 1.82) is 0 Å². The van der Waals surface area contributed by atoms with Crippen molar-refractivity contribution in [3.63, 3.8) is 0 Å². The van der Waals surface area contributed by atoms with Crippen LogP contribution in [0.3, 0.4) is 0 Å². The van der Waals surface area contributed by atoms with Crippen molar-refractivity contribution < 1.29 is 9.53 Å². The molecule has 4 heteroatoms. The smallest absolute Gasteiger partial charge is 0.253 e. The zero-order valence-corrected chi connectivity index (χ0v) is 14.5. The van der Waals surface area contributed by atoms with Gasteiger partial charge in [-0.15, -0.1) is 0 Å². The van der Waals surface area contributed by atoms with Gasteiger partial charge in [0.2, 0.25) is 0 Å². The zero-order valence-electron chi connectivity index (χ0n) is 14.5. The molecule has 1 saturated heterocycles. The molecule has 0 atom stereocenters. The lowest BCUT2D eigenvalue weighted by molar-refractivity contribution is 0.0724. The number of hydrogen-bond donors (Lipinski definition) is 0.